The summed E-state index contributed by atoms with van der Waals surface area (Å²) in [5.41, 5.74) is 0.935. The van der Waals surface area contributed by atoms with Crippen molar-refractivity contribution in [2.75, 3.05) is 19.7 Å². The molecular weight excluding hydrogens is 603 g/mol. The van der Waals surface area contributed by atoms with Crippen molar-refractivity contribution >= 4 is 40.4 Å². The van der Waals surface area contributed by atoms with Crippen molar-refractivity contribution in [3.63, 3.8) is 0 Å². The van der Waals surface area contributed by atoms with E-state index in [0.717, 1.165) is 35.7 Å². The normalized spacial score (nSPS) is 29.9. The third-order valence-electron chi connectivity index (χ3n) is 8.23. The number of halogens is 1. The molecule has 0 spiro atoms. The molecule has 3 aliphatic carbocycles. The number of likely N-dealkylation sites (tertiary alicyclic amines) is 1. The van der Waals surface area contributed by atoms with Crippen molar-refractivity contribution in [2.24, 2.45) is 11.8 Å². The Kier molecular flexibility index (Phi) is 7.25. The molecule has 2 saturated carbocycles. The van der Waals surface area contributed by atoms with Crippen molar-refractivity contribution < 1.29 is 33.7 Å². The van der Waals surface area contributed by atoms with Crippen LogP contribution < -0.4 is 5.32 Å². The maximum absolute atomic E-state index is 13.8. The van der Waals surface area contributed by atoms with Crippen molar-refractivity contribution in [2.45, 2.75) is 75.1 Å². The van der Waals surface area contributed by atoms with Gasteiger partial charge in [-0.3, -0.25) is 9.59 Å². The van der Waals surface area contributed by atoms with Gasteiger partial charge in [-0.05, 0) is 85.4 Å². The zero-order valence-electron chi connectivity index (χ0n) is 21.1. The topological polar surface area (TPSA) is 114 Å². The number of hydrogen-bond donors (Lipinski definition) is 2. The van der Waals surface area contributed by atoms with Gasteiger partial charge in [0.2, 0.25) is 11.8 Å². The smallest absolute Gasteiger partial charge is 0.338 e. The Hall–Kier alpha value is -2.02. The Morgan fingerprint density at radius 2 is 1.89 bits per heavy atom. The number of fused-ring (bicyclic) bond motifs is 1. The molecule has 0 aromatic heterocycles. The minimum absolute atomic E-state index is 0.149. The number of carbonyl (C=O) groups is 3. The van der Waals surface area contributed by atoms with E-state index in [1.54, 1.807) is 17.0 Å². The summed E-state index contributed by atoms with van der Waals surface area (Å²) in [6, 6.07) is 6.63. The van der Waals surface area contributed by atoms with Crippen molar-refractivity contribution in [3.05, 3.63) is 45.0 Å². The van der Waals surface area contributed by atoms with Gasteiger partial charge in [0.25, 0.3) is 0 Å². The molecule has 2 N–H and O–H groups in total. The van der Waals surface area contributed by atoms with Gasteiger partial charge in [-0.2, -0.15) is 0 Å². The van der Waals surface area contributed by atoms with Gasteiger partial charge in [0, 0.05) is 40.5 Å². The number of amides is 2. The lowest BCUT2D eigenvalue weighted by atomic mass is 9.91. The van der Waals surface area contributed by atoms with E-state index >= 15 is 0 Å². The minimum atomic E-state index is -0.682. The minimum Gasteiger partial charge on any atom is -0.456 e. The highest BCUT2D eigenvalue weighted by Crippen LogP contribution is 2.59. The van der Waals surface area contributed by atoms with Crippen LogP contribution in [0.15, 0.2) is 35.9 Å². The molecule has 9 nitrogen and oxygen atoms in total. The first kappa shape index (κ1) is 26.2. The van der Waals surface area contributed by atoms with Gasteiger partial charge in [-0.1, -0.05) is 6.07 Å². The fraction of sp³-hybridized carbons (Fsp3) is 0.607. The number of nitrogens with zero attached hydrogens (tertiary/aromatic N) is 1. The summed E-state index contributed by atoms with van der Waals surface area (Å²) in [6.45, 7) is 0.463. The summed E-state index contributed by atoms with van der Waals surface area (Å²) in [6.07, 6.45) is 5.88. The second-order valence-electron chi connectivity index (χ2n) is 11.0. The third kappa shape index (κ3) is 5.00. The van der Waals surface area contributed by atoms with E-state index in [9.17, 15) is 14.4 Å². The van der Waals surface area contributed by atoms with Crippen molar-refractivity contribution in [1.29, 1.82) is 0 Å². The number of nitrogens with one attached hydrogen (secondary N) is 1. The maximum Gasteiger partial charge on any atom is 0.338 e. The summed E-state index contributed by atoms with van der Waals surface area (Å²) in [7, 11) is 0. The molecule has 4 atom stereocenters. The van der Waals surface area contributed by atoms with E-state index in [2.05, 4.69) is 27.9 Å². The number of rotatable bonds is 8. The van der Waals surface area contributed by atoms with Gasteiger partial charge in [-0.25, -0.2) is 4.79 Å². The summed E-state index contributed by atoms with van der Waals surface area (Å²) in [5.74, 6) is -0.960. The van der Waals surface area contributed by atoms with Crippen LogP contribution in [-0.4, -0.2) is 77.6 Å². The van der Waals surface area contributed by atoms with Crippen LogP contribution in [0.2, 0.25) is 0 Å². The molecule has 10 heteroatoms. The number of aliphatic hydroxyl groups is 1. The van der Waals surface area contributed by atoms with E-state index in [-0.39, 0.29) is 31.4 Å². The Morgan fingerprint density at radius 3 is 2.58 bits per heavy atom. The molecule has 204 valence electrons. The molecule has 0 unspecified atom stereocenters. The van der Waals surface area contributed by atoms with Gasteiger partial charge in [0.1, 0.15) is 24.4 Å². The predicted molar refractivity (Wildman–Crippen MR) is 144 cm³/mol. The number of ether oxygens (including phenoxy) is 3. The molecule has 2 heterocycles. The van der Waals surface area contributed by atoms with Gasteiger partial charge in [0.05, 0.1) is 12.2 Å². The van der Waals surface area contributed by atoms with Crippen molar-refractivity contribution in [1.82, 2.24) is 10.2 Å². The Morgan fingerprint density at radius 1 is 1.13 bits per heavy atom. The van der Waals surface area contributed by atoms with Crippen LogP contribution in [0.5, 0.6) is 0 Å². The SMILES string of the molecule is O=C(O[C@@H]1CC(C(=O)N2CCC[C@@H]2C(=O)NCCO)=C[C@H]2OC(C3CC3)(C3CC3)O[C@H]21)c1cccc(I)c1. The van der Waals surface area contributed by atoms with Crippen LogP contribution >= 0.6 is 22.6 Å². The molecule has 2 saturated heterocycles. The fourth-order valence-corrected chi connectivity index (χ4v) is 6.69. The summed E-state index contributed by atoms with van der Waals surface area (Å²) < 4.78 is 20.3. The first-order valence-corrected chi connectivity index (χ1v) is 14.7. The number of benzene rings is 1. The first-order valence-electron chi connectivity index (χ1n) is 13.6. The zero-order valence-corrected chi connectivity index (χ0v) is 23.3. The highest BCUT2D eigenvalue weighted by molar-refractivity contribution is 14.1. The molecule has 38 heavy (non-hydrogen) atoms. The van der Waals surface area contributed by atoms with E-state index in [1.807, 2.05) is 18.2 Å². The van der Waals surface area contributed by atoms with E-state index in [0.29, 0.717) is 35.9 Å². The summed E-state index contributed by atoms with van der Waals surface area (Å²) in [5, 5.41) is 11.8. The quantitative estimate of drug-likeness (QED) is 0.333. The Labute approximate surface area is 235 Å². The zero-order chi connectivity index (χ0) is 26.4. The number of carbonyl (C=O) groups excluding carboxylic acids is 3. The van der Waals surface area contributed by atoms with E-state index in [4.69, 9.17) is 19.3 Å². The van der Waals surface area contributed by atoms with Gasteiger partial charge >= 0.3 is 5.97 Å². The standard InChI is InChI=1S/C28H33IN2O7/c29-20-4-1-3-16(13-20)27(35)36-22-14-17(26(34)31-11-2-5-21(31)25(33)30-10-12-32)15-23-24(22)38-28(37-23,18-6-7-18)19-8-9-19/h1,3-4,13,15,18-19,21-24,32H,2,5-12,14H2,(H,30,33)/t21-,22-,23-,24+/m1/s1. The maximum atomic E-state index is 13.8. The fourth-order valence-electron chi connectivity index (χ4n) is 6.14. The highest BCUT2D eigenvalue weighted by atomic mass is 127. The van der Waals surface area contributed by atoms with Crippen LogP contribution in [0.1, 0.15) is 55.3 Å². The van der Waals surface area contributed by atoms with Crippen LogP contribution in [-0.2, 0) is 23.8 Å². The van der Waals surface area contributed by atoms with Crippen LogP contribution in [0, 0.1) is 15.4 Å². The van der Waals surface area contributed by atoms with Crippen LogP contribution in [0.3, 0.4) is 0 Å². The van der Waals surface area contributed by atoms with Gasteiger partial charge in [0.15, 0.2) is 5.79 Å². The number of esters is 1. The average molecular weight is 636 g/mol. The predicted octanol–water partition coefficient (Wildman–Crippen LogP) is 2.55. The Bertz CT molecular complexity index is 1140. The molecule has 1 aromatic rings. The molecule has 2 aliphatic heterocycles. The lowest BCUT2D eigenvalue weighted by molar-refractivity contribution is -0.209. The van der Waals surface area contributed by atoms with Crippen LogP contribution in [0.4, 0.5) is 0 Å². The summed E-state index contributed by atoms with van der Waals surface area (Å²) >= 11 is 2.16. The third-order valence-corrected chi connectivity index (χ3v) is 8.90. The van der Waals surface area contributed by atoms with Gasteiger partial charge in [-0.15, -0.1) is 0 Å². The summed E-state index contributed by atoms with van der Waals surface area (Å²) in [4.78, 5) is 41.2. The number of aliphatic hydroxyl groups excluding tert-OH is 1. The molecule has 4 fully saturated rings. The van der Waals surface area contributed by atoms with E-state index in [1.165, 1.54) is 0 Å². The number of hydrogen-bond acceptors (Lipinski definition) is 7. The first-order chi connectivity index (χ1) is 18.4. The lowest BCUT2D eigenvalue weighted by Gasteiger charge is -2.33. The molecule has 1 aromatic carbocycles. The molecule has 5 aliphatic rings. The average Bonchev–Trinajstić information content (AvgIpc) is 3.86. The molecule has 6 rings (SSSR count). The molecule has 2 amide bonds. The molecular formula is C28H33IN2O7. The second-order valence-corrected chi connectivity index (χ2v) is 12.2. The van der Waals surface area contributed by atoms with Crippen LogP contribution in [0.25, 0.3) is 0 Å². The lowest BCUT2D eigenvalue weighted by Crippen LogP contribution is -2.49. The van der Waals surface area contributed by atoms with E-state index < -0.39 is 36.1 Å². The highest BCUT2D eigenvalue weighted by Gasteiger charge is 2.64. The second kappa shape index (κ2) is 10.5. The monoisotopic (exact) mass is 636 g/mol. The molecule has 0 radical (unpaired) electrons. The Balaban J connectivity index is 1.26. The van der Waals surface area contributed by atoms with Gasteiger partial charge < -0.3 is 29.5 Å². The van der Waals surface area contributed by atoms with Crippen molar-refractivity contribution in [3.8, 4) is 0 Å². The molecule has 0 bridgehead atoms. The largest absolute Gasteiger partial charge is 0.456 e.